The van der Waals surface area contributed by atoms with E-state index in [-0.39, 0.29) is 18.3 Å². The van der Waals surface area contributed by atoms with Crippen molar-refractivity contribution < 1.29 is 4.79 Å². The lowest BCUT2D eigenvalue weighted by Gasteiger charge is -2.41. The van der Waals surface area contributed by atoms with Gasteiger partial charge in [0.1, 0.15) is 0 Å². The van der Waals surface area contributed by atoms with E-state index in [1.165, 1.54) is 90.9 Å². The molecule has 8 heteroatoms. The lowest BCUT2D eigenvalue weighted by Crippen LogP contribution is -2.51. The second-order valence-electron chi connectivity index (χ2n) is 10.5. The molecule has 2 saturated heterocycles. The van der Waals surface area contributed by atoms with Gasteiger partial charge in [-0.15, -0.1) is 12.4 Å². The summed E-state index contributed by atoms with van der Waals surface area (Å²) >= 11 is 0. The molecule has 0 radical (unpaired) electrons. The molecular formula is C24H49ClN6O. The maximum Gasteiger partial charge on any atom is 0.217 e. The summed E-state index contributed by atoms with van der Waals surface area (Å²) in [5, 5.41) is 3.05. The number of piperazine rings is 2. The van der Waals surface area contributed by atoms with Crippen LogP contribution in [0.15, 0.2) is 0 Å². The number of nitrogens with one attached hydrogen (secondary N) is 1. The summed E-state index contributed by atoms with van der Waals surface area (Å²) in [7, 11) is 4.42. The second-order valence-corrected chi connectivity index (χ2v) is 10.5. The largest absolute Gasteiger partial charge is 0.354 e. The fourth-order valence-corrected chi connectivity index (χ4v) is 5.71. The molecule has 188 valence electrons. The molecule has 0 aromatic rings. The molecule has 7 nitrogen and oxygen atoms in total. The minimum atomic E-state index is 0. The van der Waals surface area contributed by atoms with Crippen LogP contribution < -0.4 is 11.1 Å². The van der Waals surface area contributed by atoms with Gasteiger partial charge in [-0.2, -0.15) is 0 Å². The first-order chi connectivity index (χ1) is 14.9. The number of halogens is 1. The molecule has 4 rings (SSSR count). The van der Waals surface area contributed by atoms with Crippen molar-refractivity contribution in [3.63, 3.8) is 0 Å². The number of nitrogens with two attached hydrogens (primary N) is 1. The SMILES string of the molecule is CC(=O)NC1CCC(N2CCN(C)CC2)CC1.CN1CCN(C2CCC(N)CC2)CC1.Cl. The Hall–Kier alpha value is -0.440. The topological polar surface area (TPSA) is 68.1 Å². The second kappa shape index (κ2) is 14.1. The number of rotatable bonds is 3. The first-order valence-corrected chi connectivity index (χ1v) is 12.8. The van der Waals surface area contributed by atoms with Gasteiger partial charge < -0.3 is 20.9 Å². The first kappa shape index (κ1) is 27.8. The molecule has 4 aliphatic rings. The van der Waals surface area contributed by atoms with Crippen LogP contribution in [0.5, 0.6) is 0 Å². The zero-order valence-electron chi connectivity index (χ0n) is 20.8. The summed E-state index contributed by atoms with van der Waals surface area (Å²) < 4.78 is 0. The van der Waals surface area contributed by atoms with E-state index >= 15 is 0 Å². The van der Waals surface area contributed by atoms with Crippen LogP contribution in [0.3, 0.4) is 0 Å². The van der Waals surface area contributed by atoms with Crippen molar-refractivity contribution in [2.75, 3.05) is 66.5 Å². The molecule has 4 fully saturated rings. The number of carbonyl (C=O) groups is 1. The highest BCUT2D eigenvalue weighted by Gasteiger charge is 2.28. The third-order valence-electron chi connectivity index (χ3n) is 7.95. The zero-order chi connectivity index (χ0) is 22.2. The predicted octanol–water partition coefficient (Wildman–Crippen LogP) is 1.61. The minimum absolute atomic E-state index is 0. The Labute approximate surface area is 202 Å². The lowest BCUT2D eigenvalue weighted by molar-refractivity contribution is -0.119. The number of amides is 1. The van der Waals surface area contributed by atoms with E-state index in [0.717, 1.165) is 24.9 Å². The summed E-state index contributed by atoms with van der Waals surface area (Å²) in [5.74, 6) is 0.119. The van der Waals surface area contributed by atoms with Gasteiger partial charge in [-0.1, -0.05) is 0 Å². The number of likely N-dealkylation sites (N-methyl/N-ethyl adjacent to an activating group) is 2. The van der Waals surface area contributed by atoms with Crippen LogP contribution in [0.25, 0.3) is 0 Å². The van der Waals surface area contributed by atoms with E-state index in [9.17, 15) is 4.79 Å². The Balaban J connectivity index is 0.000000224. The normalized spacial score (nSPS) is 33.5. The van der Waals surface area contributed by atoms with Gasteiger partial charge in [0.15, 0.2) is 0 Å². The molecule has 0 spiro atoms. The average molecular weight is 473 g/mol. The molecule has 32 heavy (non-hydrogen) atoms. The standard InChI is InChI=1S/C13H25N3O.C11H23N3.ClH/c1-11(17)14-12-3-5-13(6-4-12)16-9-7-15(2)8-10-16;1-13-6-8-14(9-7-13)11-4-2-10(12)3-5-11;/h12-13H,3-10H2,1-2H3,(H,14,17);10-11H,2-9,12H2,1H3;1H. The molecule has 0 aromatic carbocycles. The number of hydrogen-bond acceptors (Lipinski definition) is 6. The Morgan fingerprint density at radius 2 is 1.06 bits per heavy atom. The maximum absolute atomic E-state index is 11.0. The van der Waals surface area contributed by atoms with Gasteiger partial charge in [0.25, 0.3) is 0 Å². The van der Waals surface area contributed by atoms with Crippen LogP contribution >= 0.6 is 12.4 Å². The number of carbonyl (C=O) groups excluding carboxylic acids is 1. The van der Waals surface area contributed by atoms with E-state index in [1.54, 1.807) is 6.92 Å². The fraction of sp³-hybridized carbons (Fsp3) is 0.958. The van der Waals surface area contributed by atoms with E-state index in [0.29, 0.717) is 12.1 Å². The van der Waals surface area contributed by atoms with Crippen molar-refractivity contribution in [1.29, 1.82) is 0 Å². The zero-order valence-corrected chi connectivity index (χ0v) is 21.6. The lowest BCUT2D eigenvalue weighted by atomic mass is 9.90. The Morgan fingerprint density at radius 1 is 0.688 bits per heavy atom. The van der Waals surface area contributed by atoms with E-state index in [4.69, 9.17) is 5.73 Å². The van der Waals surface area contributed by atoms with Gasteiger partial charge in [-0.05, 0) is 65.5 Å². The number of hydrogen-bond donors (Lipinski definition) is 2. The van der Waals surface area contributed by atoms with Crippen LogP contribution in [-0.4, -0.2) is 116 Å². The van der Waals surface area contributed by atoms with Crippen molar-refractivity contribution in [3.8, 4) is 0 Å². The molecule has 2 heterocycles. The van der Waals surface area contributed by atoms with Gasteiger partial charge in [0.2, 0.25) is 5.91 Å². The molecule has 3 N–H and O–H groups in total. The Morgan fingerprint density at radius 3 is 1.44 bits per heavy atom. The molecule has 2 saturated carbocycles. The van der Waals surface area contributed by atoms with Gasteiger partial charge in [0, 0.05) is 83.4 Å². The van der Waals surface area contributed by atoms with Crippen LogP contribution in [0.1, 0.15) is 58.3 Å². The van der Waals surface area contributed by atoms with Gasteiger partial charge in [-0.25, -0.2) is 0 Å². The van der Waals surface area contributed by atoms with Crippen molar-refractivity contribution in [2.45, 2.75) is 82.5 Å². The quantitative estimate of drug-likeness (QED) is 0.650. The summed E-state index contributed by atoms with van der Waals surface area (Å²) in [4.78, 5) is 21.1. The van der Waals surface area contributed by atoms with Crippen LogP contribution in [0.4, 0.5) is 0 Å². The van der Waals surface area contributed by atoms with Crippen molar-refractivity contribution in [1.82, 2.24) is 24.9 Å². The van der Waals surface area contributed by atoms with Crippen molar-refractivity contribution in [3.05, 3.63) is 0 Å². The average Bonchev–Trinajstić information content (AvgIpc) is 2.76. The van der Waals surface area contributed by atoms with Crippen molar-refractivity contribution >= 4 is 18.3 Å². The molecule has 2 aliphatic heterocycles. The molecule has 2 aliphatic carbocycles. The van der Waals surface area contributed by atoms with Crippen LogP contribution in [0.2, 0.25) is 0 Å². The maximum atomic E-state index is 11.0. The Bertz CT molecular complexity index is 501. The Kier molecular flexibility index (Phi) is 12.2. The summed E-state index contributed by atoms with van der Waals surface area (Å²) in [5.41, 5.74) is 5.92. The predicted molar refractivity (Wildman–Crippen MR) is 135 cm³/mol. The molecule has 1 amide bonds. The fourth-order valence-electron chi connectivity index (χ4n) is 5.71. The van der Waals surface area contributed by atoms with E-state index in [1.807, 2.05) is 0 Å². The molecule has 0 atom stereocenters. The number of nitrogens with zero attached hydrogens (tertiary/aromatic N) is 4. The van der Waals surface area contributed by atoms with Crippen LogP contribution in [0, 0.1) is 0 Å². The van der Waals surface area contributed by atoms with Gasteiger partial charge in [-0.3, -0.25) is 14.6 Å². The molecule has 0 unspecified atom stereocenters. The molecule has 0 aromatic heterocycles. The first-order valence-electron chi connectivity index (χ1n) is 12.8. The van der Waals surface area contributed by atoms with Crippen molar-refractivity contribution in [2.24, 2.45) is 5.73 Å². The third-order valence-corrected chi connectivity index (χ3v) is 7.95. The highest BCUT2D eigenvalue weighted by Crippen LogP contribution is 2.24. The summed E-state index contributed by atoms with van der Waals surface area (Å²) in [6.45, 7) is 11.4. The van der Waals surface area contributed by atoms with E-state index in [2.05, 4.69) is 39.0 Å². The van der Waals surface area contributed by atoms with Gasteiger partial charge >= 0.3 is 0 Å². The minimum Gasteiger partial charge on any atom is -0.354 e. The molecular weight excluding hydrogens is 424 g/mol. The third kappa shape index (κ3) is 9.07. The highest BCUT2D eigenvalue weighted by atomic mass is 35.5. The highest BCUT2D eigenvalue weighted by molar-refractivity contribution is 5.85. The summed E-state index contributed by atoms with van der Waals surface area (Å²) in [6.07, 6.45) is 9.90. The monoisotopic (exact) mass is 472 g/mol. The van der Waals surface area contributed by atoms with E-state index < -0.39 is 0 Å². The smallest absolute Gasteiger partial charge is 0.217 e. The van der Waals surface area contributed by atoms with Crippen LogP contribution in [-0.2, 0) is 4.79 Å². The summed E-state index contributed by atoms with van der Waals surface area (Å²) in [6, 6.07) is 2.51. The molecule has 0 bridgehead atoms. The van der Waals surface area contributed by atoms with Gasteiger partial charge in [0.05, 0.1) is 0 Å².